The number of fused-ring (bicyclic) bond motifs is 4. The summed E-state index contributed by atoms with van der Waals surface area (Å²) in [6.45, 7) is 12.0. The first-order valence-electron chi connectivity index (χ1n) is 11.7. The Balaban J connectivity index is 1.33. The van der Waals surface area contributed by atoms with Crippen LogP contribution in [-0.4, -0.2) is 36.7 Å². The van der Waals surface area contributed by atoms with Gasteiger partial charge in [-0.05, 0) is 90.9 Å². The molecule has 2 aromatic rings. The second kappa shape index (κ2) is 7.67. The van der Waals surface area contributed by atoms with Crippen molar-refractivity contribution >= 4 is 6.09 Å². The monoisotopic (exact) mass is 418 g/mol. The van der Waals surface area contributed by atoms with Gasteiger partial charge in [-0.25, -0.2) is 4.79 Å². The van der Waals surface area contributed by atoms with E-state index in [9.17, 15) is 4.79 Å². The van der Waals surface area contributed by atoms with Crippen molar-refractivity contribution in [2.75, 3.05) is 19.6 Å². The molecule has 3 saturated heterocycles. The van der Waals surface area contributed by atoms with Crippen LogP contribution in [0.5, 0.6) is 0 Å². The highest BCUT2D eigenvalue weighted by molar-refractivity contribution is 5.70. The molecule has 4 nitrogen and oxygen atoms in total. The van der Waals surface area contributed by atoms with Crippen molar-refractivity contribution < 1.29 is 9.53 Å². The Labute approximate surface area is 186 Å². The van der Waals surface area contributed by atoms with Crippen molar-refractivity contribution in [3.05, 3.63) is 58.7 Å². The lowest BCUT2D eigenvalue weighted by atomic mass is 9.85. The van der Waals surface area contributed by atoms with E-state index in [1.807, 2.05) is 0 Å². The van der Waals surface area contributed by atoms with Gasteiger partial charge in [0.2, 0.25) is 0 Å². The van der Waals surface area contributed by atoms with Crippen molar-refractivity contribution in [2.45, 2.75) is 59.1 Å². The van der Waals surface area contributed by atoms with E-state index in [1.165, 1.54) is 33.4 Å². The van der Waals surface area contributed by atoms with Crippen molar-refractivity contribution in [1.29, 1.82) is 0 Å². The Morgan fingerprint density at radius 1 is 1.03 bits per heavy atom. The number of benzene rings is 2. The van der Waals surface area contributed by atoms with E-state index in [1.54, 1.807) is 0 Å². The number of nitrogens with one attached hydrogen (secondary N) is 1. The number of amides is 1. The van der Waals surface area contributed by atoms with Crippen LogP contribution >= 0.6 is 0 Å². The summed E-state index contributed by atoms with van der Waals surface area (Å²) in [6.07, 6.45) is 3.03. The molecule has 3 aliphatic heterocycles. The first-order valence-corrected chi connectivity index (χ1v) is 11.7. The predicted octanol–water partition coefficient (Wildman–Crippen LogP) is 5.41. The van der Waals surface area contributed by atoms with E-state index < -0.39 is 0 Å². The van der Waals surface area contributed by atoms with Gasteiger partial charge in [0.15, 0.2) is 0 Å². The zero-order valence-corrected chi connectivity index (χ0v) is 19.2. The Kier molecular flexibility index (Phi) is 5.09. The molecule has 0 spiro atoms. The van der Waals surface area contributed by atoms with E-state index in [0.717, 1.165) is 38.9 Å². The first kappa shape index (κ1) is 20.6. The summed E-state index contributed by atoms with van der Waals surface area (Å²) < 4.78 is 5.92. The van der Waals surface area contributed by atoms with Crippen LogP contribution < -0.4 is 5.32 Å². The number of ether oxygens (including phenoxy) is 1. The Bertz CT molecular complexity index is 1000. The van der Waals surface area contributed by atoms with Crippen LogP contribution in [0.25, 0.3) is 11.1 Å². The standard InChI is InChI=1S/C27H34N2O2/c1-17-5-6-20(13-18(17)2)21-7-8-23-22(14-21)15-27(3,4)25(23)28-26(30)31-24-16-29-11-9-19(24)10-12-29/h5-8,13-14,19,24-25H,9-12,15-16H2,1-4H3,(H,28,30)/t24-,25?/m0/s1. The molecule has 1 N–H and O–H groups in total. The molecule has 4 heteroatoms. The van der Waals surface area contributed by atoms with Crippen molar-refractivity contribution in [3.63, 3.8) is 0 Å². The quantitative estimate of drug-likeness (QED) is 0.724. The SMILES string of the molecule is Cc1ccc(-c2ccc3c(c2)CC(C)(C)C3NC(=O)O[C@H]2CN3CCC2CC3)cc1C. The molecule has 0 radical (unpaired) electrons. The molecule has 0 saturated carbocycles. The number of piperidine rings is 3. The molecule has 3 heterocycles. The average Bonchev–Trinajstić information content (AvgIpc) is 2.99. The summed E-state index contributed by atoms with van der Waals surface area (Å²) in [6, 6.07) is 13.3. The molecule has 31 heavy (non-hydrogen) atoms. The lowest BCUT2D eigenvalue weighted by Gasteiger charge is -2.44. The fraction of sp³-hybridized carbons (Fsp3) is 0.519. The summed E-state index contributed by atoms with van der Waals surface area (Å²) >= 11 is 0. The molecule has 1 aliphatic carbocycles. The highest BCUT2D eigenvalue weighted by Gasteiger charge is 2.42. The minimum atomic E-state index is -0.261. The molecule has 1 amide bonds. The maximum atomic E-state index is 12.8. The molecule has 2 aromatic carbocycles. The van der Waals surface area contributed by atoms with E-state index in [-0.39, 0.29) is 23.7 Å². The molecular weight excluding hydrogens is 384 g/mol. The number of nitrogens with zero attached hydrogens (tertiary/aromatic N) is 1. The topological polar surface area (TPSA) is 41.6 Å². The maximum Gasteiger partial charge on any atom is 0.407 e. The van der Waals surface area contributed by atoms with Gasteiger partial charge in [-0.2, -0.15) is 0 Å². The molecule has 3 fully saturated rings. The Morgan fingerprint density at radius 3 is 2.42 bits per heavy atom. The smallest absolute Gasteiger partial charge is 0.407 e. The lowest BCUT2D eigenvalue weighted by Crippen LogP contribution is -2.53. The van der Waals surface area contributed by atoms with E-state index in [2.05, 4.69) is 74.3 Å². The third kappa shape index (κ3) is 3.87. The van der Waals surface area contributed by atoms with Crippen LogP contribution in [0.2, 0.25) is 0 Å². The van der Waals surface area contributed by atoms with Gasteiger partial charge in [0.05, 0.1) is 6.04 Å². The third-order valence-electron chi connectivity index (χ3n) is 7.84. The van der Waals surface area contributed by atoms with Crippen LogP contribution in [0.4, 0.5) is 4.79 Å². The summed E-state index contributed by atoms with van der Waals surface area (Å²) in [5.74, 6) is 0.528. The number of hydrogen-bond acceptors (Lipinski definition) is 3. The van der Waals surface area contributed by atoms with Gasteiger partial charge in [0, 0.05) is 6.54 Å². The van der Waals surface area contributed by atoms with Gasteiger partial charge < -0.3 is 10.1 Å². The second-order valence-electron chi connectivity index (χ2n) is 10.5. The van der Waals surface area contributed by atoms with Gasteiger partial charge in [0.1, 0.15) is 6.10 Å². The number of carbonyl (C=O) groups is 1. The number of aryl methyl sites for hydroxylation is 2. The van der Waals surface area contributed by atoms with Crippen LogP contribution in [0.15, 0.2) is 36.4 Å². The zero-order chi connectivity index (χ0) is 21.8. The fourth-order valence-corrected chi connectivity index (χ4v) is 5.76. The minimum Gasteiger partial charge on any atom is -0.445 e. The molecule has 0 aromatic heterocycles. The lowest BCUT2D eigenvalue weighted by molar-refractivity contribution is -0.0348. The van der Waals surface area contributed by atoms with Gasteiger partial charge in [-0.3, -0.25) is 4.90 Å². The summed E-state index contributed by atoms with van der Waals surface area (Å²) in [5.41, 5.74) is 7.63. The van der Waals surface area contributed by atoms with Gasteiger partial charge >= 0.3 is 6.09 Å². The highest BCUT2D eigenvalue weighted by Crippen LogP contribution is 2.46. The minimum absolute atomic E-state index is 0.0233. The first-order chi connectivity index (χ1) is 14.8. The molecule has 164 valence electrons. The van der Waals surface area contributed by atoms with Crippen LogP contribution in [0.1, 0.15) is 55.0 Å². The van der Waals surface area contributed by atoms with Crippen molar-refractivity contribution in [3.8, 4) is 11.1 Å². The fourth-order valence-electron chi connectivity index (χ4n) is 5.76. The molecule has 2 bridgehead atoms. The molecule has 1 unspecified atom stereocenters. The summed E-state index contributed by atoms with van der Waals surface area (Å²) in [7, 11) is 0. The van der Waals surface area contributed by atoms with Crippen molar-refractivity contribution in [1.82, 2.24) is 10.2 Å². The van der Waals surface area contributed by atoms with Gasteiger partial charge in [0.25, 0.3) is 0 Å². The number of carbonyl (C=O) groups excluding carboxylic acids is 1. The largest absolute Gasteiger partial charge is 0.445 e. The molecular formula is C27H34N2O2. The normalized spacial score (nSPS) is 28.3. The molecule has 2 atom stereocenters. The average molecular weight is 419 g/mol. The number of alkyl carbamates (subject to hydrolysis) is 1. The molecule has 6 rings (SSSR count). The summed E-state index contributed by atoms with van der Waals surface area (Å²) in [5, 5.41) is 3.23. The summed E-state index contributed by atoms with van der Waals surface area (Å²) in [4.78, 5) is 15.3. The highest BCUT2D eigenvalue weighted by atomic mass is 16.6. The Hall–Kier alpha value is -2.33. The molecule has 4 aliphatic rings. The Morgan fingerprint density at radius 2 is 1.74 bits per heavy atom. The van der Waals surface area contributed by atoms with Crippen LogP contribution in [0, 0.1) is 25.2 Å². The third-order valence-corrected chi connectivity index (χ3v) is 7.84. The van der Waals surface area contributed by atoms with Crippen LogP contribution in [0.3, 0.4) is 0 Å². The zero-order valence-electron chi connectivity index (χ0n) is 19.2. The van der Waals surface area contributed by atoms with Gasteiger partial charge in [-0.1, -0.05) is 50.2 Å². The van der Waals surface area contributed by atoms with E-state index in [4.69, 9.17) is 4.74 Å². The van der Waals surface area contributed by atoms with E-state index in [0.29, 0.717) is 5.92 Å². The second-order valence-corrected chi connectivity index (χ2v) is 10.5. The van der Waals surface area contributed by atoms with Crippen LogP contribution in [-0.2, 0) is 11.2 Å². The number of rotatable bonds is 3. The maximum absolute atomic E-state index is 12.8. The van der Waals surface area contributed by atoms with E-state index >= 15 is 0 Å². The predicted molar refractivity (Wildman–Crippen MR) is 124 cm³/mol. The van der Waals surface area contributed by atoms with Crippen molar-refractivity contribution in [2.24, 2.45) is 11.3 Å². The van der Waals surface area contributed by atoms with Gasteiger partial charge in [-0.15, -0.1) is 0 Å². The number of hydrogen-bond donors (Lipinski definition) is 1.